The lowest BCUT2D eigenvalue weighted by atomic mass is 10.3. The van der Waals surface area contributed by atoms with E-state index < -0.39 is 0 Å². The molecule has 0 aliphatic heterocycles. The number of halogens is 1. The molecule has 0 saturated heterocycles. The maximum atomic E-state index is 8.94. The van der Waals surface area contributed by atoms with Gasteiger partial charge in [-0.25, -0.2) is 4.98 Å². The fourth-order valence-corrected chi connectivity index (χ4v) is 1.78. The van der Waals surface area contributed by atoms with Crippen LogP contribution in [0.25, 0.3) is 0 Å². The smallest absolute Gasteiger partial charge is 0.147 e. The summed E-state index contributed by atoms with van der Waals surface area (Å²) in [7, 11) is 0. The third-order valence-corrected chi connectivity index (χ3v) is 2.51. The van der Waals surface area contributed by atoms with Gasteiger partial charge in [0.1, 0.15) is 5.82 Å². The molecule has 1 N–H and O–H groups in total. The number of aliphatic hydroxyl groups excluding tert-OH is 1. The number of aromatic nitrogens is 1. The number of anilines is 1. The zero-order valence-electron chi connectivity index (χ0n) is 9.20. The highest BCUT2D eigenvalue weighted by Gasteiger charge is 2.09. The first-order valence-electron chi connectivity index (χ1n) is 5.23. The van der Waals surface area contributed by atoms with Gasteiger partial charge in [0.15, 0.2) is 0 Å². The molecule has 1 aromatic rings. The molecule has 0 amide bonds. The molecule has 0 unspecified atom stereocenters. The second kappa shape index (κ2) is 5.93. The molecule has 0 spiro atoms. The van der Waals surface area contributed by atoms with Crippen molar-refractivity contribution >= 4 is 17.4 Å². The molecular weight excluding hydrogens is 212 g/mol. The maximum absolute atomic E-state index is 8.94. The molecule has 84 valence electrons. The maximum Gasteiger partial charge on any atom is 0.147 e. The fourth-order valence-electron chi connectivity index (χ4n) is 1.47. The van der Waals surface area contributed by atoms with Gasteiger partial charge < -0.3 is 10.0 Å². The Labute approximate surface area is 95.7 Å². The van der Waals surface area contributed by atoms with Crippen molar-refractivity contribution in [2.75, 3.05) is 18.0 Å². The molecule has 0 aliphatic carbocycles. The van der Waals surface area contributed by atoms with Crippen molar-refractivity contribution in [1.82, 2.24) is 4.98 Å². The lowest BCUT2D eigenvalue weighted by Crippen LogP contribution is -2.24. The van der Waals surface area contributed by atoms with Crippen LogP contribution >= 0.6 is 11.6 Å². The number of pyridine rings is 1. The van der Waals surface area contributed by atoms with E-state index in [0.717, 1.165) is 30.9 Å². The summed E-state index contributed by atoms with van der Waals surface area (Å²) in [6, 6.07) is 1.77. The van der Waals surface area contributed by atoms with Crippen LogP contribution in [0.1, 0.15) is 25.8 Å². The molecule has 0 fully saturated rings. The van der Waals surface area contributed by atoms with Gasteiger partial charge in [-0.2, -0.15) is 0 Å². The van der Waals surface area contributed by atoms with Gasteiger partial charge in [0.25, 0.3) is 0 Å². The first kappa shape index (κ1) is 12.3. The van der Waals surface area contributed by atoms with Crippen LogP contribution < -0.4 is 4.90 Å². The van der Waals surface area contributed by atoms with E-state index >= 15 is 0 Å². The van der Waals surface area contributed by atoms with Gasteiger partial charge in [0.2, 0.25) is 0 Å². The largest absolute Gasteiger partial charge is 0.392 e. The van der Waals surface area contributed by atoms with Crippen LogP contribution in [-0.2, 0) is 6.61 Å². The van der Waals surface area contributed by atoms with E-state index in [-0.39, 0.29) is 6.61 Å². The van der Waals surface area contributed by atoms with Gasteiger partial charge in [0, 0.05) is 19.3 Å². The topological polar surface area (TPSA) is 36.4 Å². The van der Waals surface area contributed by atoms with Gasteiger partial charge in [0.05, 0.1) is 11.6 Å². The van der Waals surface area contributed by atoms with Crippen LogP contribution in [-0.4, -0.2) is 23.2 Å². The van der Waals surface area contributed by atoms with Crippen molar-refractivity contribution in [3.63, 3.8) is 0 Å². The summed E-state index contributed by atoms with van der Waals surface area (Å²) in [6.45, 7) is 6.01. The molecule has 3 nitrogen and oxygen atoms in total. The summed E-state index contributed by atoms with van der Waals surface area (Å²) in [4.78, 5) is 6.40. The second-order valence-electron chi connectivity index (χ2n) is 3.39. The predicted octanol–water partition coefficient (Wildman–Crippen LogP) is 2.46. The minimum Gasteiger partial charge on any atom is -0.392 e. The molecular formula is C11H17ClN2O. The van der Waals surface area contributed by atoms with Crippen LogP contribution in [0, 0.1) is 0 Å². The van der Waals surface area contributed by atoms with Crippen molar-refractivity contribution in [1.29, 1.82) is 0 Å². The Kier molecular flexibility index (Phi) is 4.85. The van der Waals surface area contributed by atoms with Crippen molar-refractivity contribution in [2.45, 2.75) is 26.9 Å². The van der Waals surface area contributed by atoms with Gasteiger partial charge in [-0.3, -0.25) is 0 Å². The summed E-state index contributed by atoms with van der Waals surface area (Å²) in [5.41, 5.74) is 0.747. The van der Waals surface area contributed by atoms with Crippen molar-refractivity contribution in [3.05, 3.63) is 22.8 Å². The van der Waals surface area contributed by atoms with Crippen LogP contribution in [0.5, 0.6) is 0 Å². The summed E-state index contributed by atoms with van der Waals surface area (Å²) in [5.74, 6) is 0.804. The predicted molar refractivity (Wildman–Crippen MR) is 63.3 cm³/mol. The normalized spacial score (nSPS) is 10.4. The highest BCUT2D eigenvalue weighted by atomic mass is 35.5. The number of aliphatic hydroxyl groups is 1. The Balaban J connectivity index is 2.92. The fraction of sp³-hybridized carbons (Fsp3) is 0.545. The number of hydrogen-bond acceptors (Lipinski definition) is 3. The Bertz CT molecular complexity index is 317. The summed E-state index contributed by atoms with van der Waals surface area (Å²) >= 11 is 6.10. The zero-order chi connectivity index (χ0) is 11.3. The molecule has 0 radical (unpaired) electrons. The molecule has 0 saturated carbocycles. The number of nitrogens with zero attached hydrogens (tertiary/aromatic N) is 2. The molecule has 1 rings (SSSR count). The van der Waals surface area contributed by atoms with Gasteiger partial charge in [-0.1, -0.05) is 18.5 Å². The van der Waals surface area contributed by atoms with E-state index in [1.807, 2.05) is 0 Å². The Morgan fingerprint density at radius 2 is 2.20 bits per heavy atom. The van der Waals surface area contributed by atoms with E-state index in [9.17, 15) is 0 Å². The minimum absolute atomic E-state index is 0.0209. The van der Waals surface area contributed by atoms with E-state index in [4.69, 9.17) is 16.7 Å². The first-order chi connectivity index (χ1) is 7.22. The molecule has 0 aliphatic rings. The SMILES string of the molecule is CCCN(CC)c1ncc(CO)cc1Cl. The lowest BCUT2D eigenvalue weighted by molar-refractivity contribution is 0.281. The monoisotopic (exact) mass is 228 g/mol. The summed E-state index contributed by atoms with van der Waals surface area (Å²) < 4.78 is 0. The number of rotatable bonds is 5. The molecule has 0 aromatic carbocycles. The third-order valence-electron chi connectivity index (χ3n) is 2.24. The highest BCUT2D eigenvalue weighted by Crippen LogP contribution is 2.24. The van der Waals surface area contributed by atoms with Gasteiger partial charge in [-0.15, -0.1) is 0 Å². The van der Waals surface area contributed by atoms with E-state index in [1.54, 1.807) is 12.3 Å². The van der Waals surface area contributed by atoms with Crippen LogP contribution in [0.3, 0.4) is 0 Å². The quantitative estimate of drug-likeness (QED) is 0.841. The Morgan fingerprint density at radius 3 is 2.67 bits per heavy atom. The molecule has 4 heteroatoms. The number of hydrogen-bond donors (Lipinski definition) is 1. The van der Waals surface area contributed by atoms with E-state index in [1.165, 1.54) is 0 Å². The lowest BCUT2D eigenvalue weighted by Gasteiger charge is -2.22. The van der Waals surface area contributed by atoms with Crippen LogP contribution in [0.2, 0.25) is 5.02 Å². The minimum atomic E-state index is -0.0209. The standard InChI is InChI=1S/C11H17ClN2O/c1-3-5-14(4-2)11-10(12)6-9(8-15)7-13-11/h6-7,15H,3-5,8H2,1-2H3. The van der Waals surface area contributed by atoms with Crippen LogP contribution in [0.15, 0.2) is 12.3 Å². The first-order valence-corrected chi connectivity index (χ1v) is 5.60. The molecule has 0 bridgehead atoms. The average Bonchev–Trinajstić information content (AvgIpc) is 2.26. The van der Waals surface area contributed by atoms with Crippen molar-refractivity contribution < 1.29 is 5.11 Å². The Morgan fingerprint density at radius 1 is 1.47 bits per heavy atom. The van der Waals surface area contributed by atoms with E-state index in [2.05, 4.69) is 23.7 Å². The molecule has 1 heterocycles. The average molecular weight is 229 g/mol. The van der Waals surface area contributed by atoms with Crippen LogP contribution in [0.4, 0.5) is 5.82 Å². The molecule has 0 atom stereocenters. The third kappa shape index (κ3) is 3.08. The summed E-state index contributed by atoms with van der Waals surface area (Å²) in [6.07, 6.45) is 2.73. The molecule has 1 aromatic heterocycles. The van der Waals surface area contributed by atoms with Gasteiger partial charge >= 0.3 is 0 Å². The second-order valence-corrected chi connectivity index (χ2v) is 3.79. The highest BCUT2D eigenvalue weighted by molar-refractivity contribution is 6.33. The summed E-state index contributed by atoms with van der Waals surface area (Å²) in [5, 5.41) is 9.55. The van der Waals surface area contributed by atoms with Gasteiger partial charge in [-0.05, 0) is 25.0 Å². The van der Waals surface area contributed by atoms with E-state index in [0.29, 0.717) is 5.02 Å². The van der Waals surface area contributed by atoms with Crippen molar-refractivity contribution in [2.24, 2.45) is 0 Å². The molecule has 15 heavy (non-hydrogen) atoms. The zero-order valence-corrected chi connectivity index (χ0v) is 9.96. The Hall–Kier alpha value is -0.800. The van der Waals surface area contributed by atoms with Crippen molar-refractivity contribution in [3.8, 4) is 0 Å².